The van der Waals surface area contributed by atoms with Crippen LogP contribution in [0, 0.1) is 11.3 Å². The van der Waals surface area contributed by atoms with Crippen molar-refractivity contribution in [2.24, 2.45) is 11.3 Å². The van der Waals surface area contributed by atoms with Crippen molar-refractivity contribution < 1.29 is 19.0 Å². The van der Waals surface area contributed by atoms with Gasteiger partial charge in [-0.15, -0.1) is 0 Å². The highest BCUT2D eigenvalue weighted by molar-refractivity contribution is 9.10. The van der Waals surface area contributed by atoms with E-state index in [-0.39, 0.29) is 23.2 Å². The number of carbonyl (C=O) groups is 1. The van der Waals surface area contributed by atoms with Gasteiger partial charge >= 0.3 is 5.97 Å². The fourth-order valence-electron chi connectivity index (χ4n) is 7.26. The number of hydrogen-bond acceptors (Lipinski definition) is 8. The van der Waals surface area contributed by atoms with Gasteiger partial charge in [-0.1, -0.05) is 75.7 Å². The van der Waals surface area contributed by atoms with Gasteiger partial charge in [-0.3, -0.25) is 9.78 Å². The number of hydrogen-bond donors (Lipinski definition) is 0. The molecule has 0 bridgehead atoms. The molecule has 6 rings (SSSR count). The highest BCUT2D eigenvalue weighted by Crippen LogP contribution is 2.63. The topological polar surface area (TPSA) is 91.1 Å². The molecule has 3 heterocycles. The molecule has 280 valence electrons. The van der Waals surface area contributed by atoms with Crippen LogP contribution in [0.1, 0.15) is 50.6 Å². The van der Waals surface area contributed by atoms with Gasteiger partial charge in [0.25, 0.3) is 0 Å². The largest absolute Gasteiger partial charge is 0.466 e. The van der Waals surface area contributed by atoms with E-state index in [4.69, 9.17) is 29.3 Å². The average molecular weight is 807 g/mol. The number of nitrogens with zero attached hydrogens (tertiary/aromatic N) is 5. The Morgan fingerprint density at radius 3 is 2.15 bits per heavy atom. The summed E-state index contributed by atoms with van der Waals surface area (Å²) in [5.74, 6) is 1.12. The molecule has 9 nitrogen and oxygen atoms in total. The molecule has 1 atom stereocenters. The standard InChI is InChI=1S/C40H56BrN5O4Si2/c1-8-50-39(47)33-24-40(33)18-16-30(17-19-40)36-35(41)38(45(27-48-20-22-51(2,3)4)28-49-21-23-52(5,6)7)46-37(44-36)32(26-43-46)31-14-15-34(42-25-31)29-12-10-9-11-13-29/h9-15,25-26,30,33H,8,16-24,27-28H2,1-7H3. The van der Waals surface area contributed by atoms with Gasteiger partial charge in [0, 0.05) is 58.2 Å². The third-order valence-corrected chi connectivity index (χ3v) is 14.8. The van der Waals surface area contributed by atoms with E-state index >= 15 is 0 Å². The molecule has 4 aromatic rings. The number of aromatic nitrogens is 4. The molecule has 2 aliphatic carbocycles. The number of esters is 1. The summed E-state index contributed by atoms with van der Waals surface area (Å²) in [6, 6.07) is 16.6. The number of anilines is 1. The lowest BCUT2D eigenvalue weighted by Crippen LogP contribution is -2.34. The van der Waals surface area contributed by atoms with Crippen LogP contribution >= 0.6 is 15.9 Å². The van der Waals surface area contributed by atoms with Crippen LogP contribution in [0.3, 0.4) is 0 Å². The third-order valence-electron chi connectivity index (χ3n) is 10.7. The van der Waals surface area contributed by atoms with Crippen molar-refractivity contribution in [3.63, 3.8) is 0 Å². The summed E-state index contributed by atoms with van der Waals surface area (Å²) >= 11 is 4.07. The molecule has 0 saturated heterocycles. The Bertz CT molecular complexity index is 1790. The third kappa shape index (κ3) is 9.23. The second-order valence-electron chi connectivity index (χ2n) is 17.1. The number of ether oxygens (including phenoxy) is 3. The number of halogens is 1. The van der Waals surface area contributed by atoms with Crippen LogP contribution in [0.4, 0.5) is 5.82 Å². The van der Waals surface area contributed by atoms with Crippen LogP contribution in [0.15, 0.2) is 59.3 Å². The zero-order valence-corrected chi connectivity index (χ0v) is 35.7. The maximum absolute atomic E-state index is 12.6. The van der Waals surface area contributed by atoms with Gasteiger partial charge in [0.15, 0.2) is 11.5 Å². The lowest BCUT2D eigenvalue weighted by atomic mass is 9.77. The summed E-state index contributed by atoms with van der Waals surface area (Å²) in [4.78, 5) is 25.1. The zero-order chi connectivity index (χ0) is 37.1. The molecule has 1 aromatic carbocycles. The second-order valence-corrected chi connectivity index (χ2v) is 29.1. The van der Waals surface area contributed by atoms with Crippen LogP contribution < -0.4 is 4.90 Å². The Balaban J connectivity index is 1.36. The summed E-state index contributed by atoms with van der Waals surface area (Å²) in [5, 5.41) is 4.96. The van der Waals surface area contributed by atoms with E-state index in [0.717, 1.165) is 88.2 Å². The minimum atomic E-state index is -1.27. The summed E-state index contributed by atoms with van der Waals surface area (Å²) in [5.41, 5.74) is 5.78. The maximum atomic E-state index is 12.6. The summed E-state index contributed by atoms with van der Waals surface area (Å²) in [6.07, 6.45) is 8.69. The quantitative estimate of drug-likeness (QED) is 0.0479. The predicted molar refractivity (Wildman–Crippen MR) is 218 cm³/mol. The smallest absolute Gasteiger partial charge is 0.309 e. The average Bonchev–Trinajstić information content (AvgIpc) is 3.65. The Morgan fingerprint density at radius 2 is 1.58 bits per heavy atom. The van der Waals surface area contributed by atoms with Gasteiger partial charge in [0.05, 0.1) is 34.6 Å². The number of pyridine rings is 1. The maximum Gasteiger partial charge on any atom is 0.309 e. The van der Waals surface area contributed by atoms with Gasteiger partial charge in [-0.2, -0.15) is 9.61 Å². The molecule has 3 aromatic heterocycles. The molecule has 1 unspecified atom stereocenters. The molecular formula is C40H56BrN5O4Si2. The van der Waals surface area contributed by atoms with Crippen LogP contribution in [0.5, 0.6) is 0 Å². The normalized spacial score (nSPS) is 20.4. The Kier molecular flexibility index (Phi) is 12.1. The van der Waals surface area contributed by atoms with Gasteiger partial charge in [-0.25, -0.2) is 4.98 Å². The zero-order valence-electron chi connectivity index (χ0n) is 32.1. The first-order chi connectivity index (χ1) is 24.8. The molecule has 2 fully saturated rings. The second kappa shape index (κ2) is 16.2. The van der Waals surface area contributed by atoms with Gasteiger partial charge in [-0.05, 0) is 78.5 Å². The molecule has 12 heteroatoms. The van der Waals surface area contributed by atoms with Crippen molar-refractivity contribution in [3.8, 4) is 22.4 Å². The van der Waals surface area contributed by atoms with Crippen molar-refractivity contribution in [2.45, 2.75) is 96.3 Å². The molecule has 0 N–H and O–H groups in total. The molecule has 0 aliphatic heterocycles. The lowest BCUT2D eigenvalue weighted by molar-refractivity contribution is -0.145. The van der Waals surface area contributed by atoms with Gasteiger partial charge in [0.1, 0.15) is 13.5 Å². The van der Waals surface area contributed by atoms with E-state index < -0.39 is 16.1 Å². The number of fused-ring (bicyclic) bond motifs is 1. The fraction of sp³-hybridized carbons (Fsp3) is 0.550. The molecule has 2 saturated carbocycles. The Morgan fingerprint density at radius 1 is 0.923 bits per heavy atom. The lowest BCUT2D eigenvalue weighted by Gasteiger charge is -2.32. The van der Waals surface area contributed by atoms with Crippen LogP contribution in [-0.4, -0.2) is 75.0 Å². The van der Waals surface area contributed by atoms with Crippen LogP contribution in [-0.2, 0) is 19.0 Å². The predicted octanol–water partition coefficient (Wildman–Crippen LogP) is 9.88. The summed E-state index contributed by atoms with van der Waals surface area (Å²) < 4.78 is 21.1. The van der Waals surface area contributed by atoms with Crippen molar-refractivity contribution in [1.29, 1.82) is 0 Å². The number of rotatable bonds is 16. The first kappa shape index (κ1) is 38.8. The van der Waals surface area contributed by atoms with E-state index in [1.54, 1.807) is 0 Å². The minimum absolute atomic E-state index is 0.0290. The highest BCUT2D eigenvalue weighted by atomic mass is 79.9. The van der Waals surface area contributed by atoms with Crippen LogP contribution in [0.2, 0.25) is 51.4 Å². The number of benzene rings is 1. The molecule has 2 aliphatic rings. The van der Waals surface area contributed by atoms with E-state index in [2.05, 4.69) is 84.4 Å². The van der Waals surface area contributed by atoms with E-state index in [9.17, 15) is 4.79 Å². The molecule has 1 spiro atoms. The Labute approximate surface area is 320 Å². The van der Waals surface area contributed by atoms with Gasteiger partial charge in [0.2, 0.25) is 0 Å². The molecular weight excluding hydrogens is 751 g/mol. The molecule has 52 heavy (non-hydrogen) atoms. The SMILES string of the molecule is CCOC(=O)C1CC12CCC(c1nc3c(-c4ccc(-c5ccccc5)nc4)cnn3c(N(COCC[Si](C)(C)C)COCC[Si](C)(C)C)c1Br)CC2. The summed E-state index contributed by atoms with van der Waals surface area (Å²) in [7, 11) is -2.54. The summed E-state index contributed by atoms with van der Waals surface area (Å²) in [6.45, 7) is 18.7. The fourth-order valence-corrected chi connectivity index (χ4v) is 9.61. The first-order valence-electron chi connectivity index (χ1n) is 18.9. The van der Waals surface area contributed by atoms with E-state index in [1.807, 2.05) is 42.0 Å². The van der Waals surface area contributed by atoms with Crippen molar-refractivity contribution in [3.05, 3.63) is 65.0 Å². The van der Waals surface area contributed by atoms with Crippen molar-refractivity contribution in [1.82, 2.24) is 19.6 Å². The first-order valence-corrected chi connectivity index (χ1v) is 27.2. The number of carbonyl (C=O) groups excluding carboxylic acids is 1. The monoisotopic (exact) mass is 805 g/mol. The van der Waals surface area contributed by atoms with E-state index in [0.29, 0.717) is 33.3 Å². The van der Waals surface area contributed by atoms with Crippen molar-refractivity contribution in [2.75, 3.05) is 38.2 Å². The van der Waals surface area contributed by atoms with E-state index in [1.165, 1.54) is 0 Å². The molecule has 0 radical (unpaired) electrons. The Hall–Kier alpha value is -2.91. The molecule has 0 amide bonds. The van der Waals surface area contributed by atoms with Crippen molar-refractivity contribution >= 4 is 49.5 Å². The minimum Gasteiger partial charge on any atom is -0.466 e. The highest BCUT2D eigenvalue weighted by Gasteiger charge is 2.59. The van der Waals surface area contributed by atoms with Crippen LogP contribution in [0.25, 0.3) is 28.0 Å². The van der Waals surface area contributed by atoms with Gasteiger partial charge < -0.3 is 19.1 Å².